The van der Waals surface area contributed by atoms with Crippen LogP contribution in [0.5, 0.6) is 0 Å². The van der Waals surface area contributed by atoms with Crippen molar-refractivity contribution in [2.75, 3.05) is 0 Å². The second-order valence-corrected chi connectivity index (χ2v) is 4.16. The van der Waals surface area contributed by atoms with E-state index in [1.165, 1.54) is 22.6 Å². The van der Waals surface area contributed by atoms with E-state index in [1.807, 2.05) is 0 Å². The van der Waals surface area contributed by atoms with Crippen molar-refractivity contribution in [3.05, 3.63) is 33.0 Å². The van der Waals surface area contributed by atoms with E-state index < -0.39 is 4.92 Å². The summed E-state index contributed by atoms with van der Waals surface area (Å²) in [6.07, 6.45) is 2.40. The molecule has 20 heavy (non-hydrogen) atoms. The number of nitrogens with one attached hydrogen (secondary N) is 1. The molecule has 0 spiro atoms. The minimum absolute atomic E-state index is 0.181. The number of aromatic nitrogens is 6. The molecule has 3 heterocycles. The fraction of sp³-hybridized carbons (Fsp3) is 0.200. The third-order valence-electron chi connectivity index (χ3n) is 2.99. The van der Waals surface area contributed by atoms with Crippen LogP contribution in [0.2, 0.25) is 0 Å². The topological polar surface area (TPSA) is 125 Å². The van der Waals surface area contributed by atoms with Gasteiger partial charge in [0.15, 0.2) is 11.3 Å². The molecule has 0 fully saturated rings. The number of rotatable bonds is 2. The van der Waals surface area contributed by atoms with Gasteiger partial charge >= 0.3 is 5.82 Å². The van der Waals surface area contributed by atoms with E-state index in [-0.39, 0.29) is 28.3 Å². The lowest BCUT2D eigenvalue weighted by Crippen LogP contribution is -2.07. The fourth-order valence-electron chi connectivity index (χ4n) is 2.04. The highest BCUT2D eigenvalue weighted by Crippen LogP contribution is 2.25. The van der Waals surface area contributed by atoms with Crippen molar-refractivity contribution in [1.29, 1.82) is 0 Å². The van der Waals surface area contributed by atoms with Gasteiger partial charge in [-0.1, -0.05) is 0 Å². The first kappa shape index (κ1) is 12.0. The lowest BCUT2D eigenvalue weighted by atomic mass is 10.3. The second kappa shape index (κ2) is 3.98. The van der Waals surface area contributed by atoms with Crippen LogP contribution < -0.4 is 5.56 Å². The molecule has 3 aromatic heterocycles. The standard InChI is InChI=1S/C10H9N7O3/c1-15-5(17(19)20)3-11-9(15)7-6-8(16(2)14-7)12-4-13-10(6)18/h3-4H,1-2H3,(H,12,13,18). The van der Waals surface area contributed by atoms with Gasteiger partial charge in [0.05, 0.1) is 13.4 Å². The summed E-state index contributed by atoms with van der Waals surface area (Å²) in [6.45, 7) is 0. The Hall–Kier alpha value is -3.04. The lowest BCUT2D eigenvalue weighted by Gasteiger charge is -1.95. The third kappa shape index (κ3) is 1.51. The molecule has 10 heteroatoms. The van der Waals surface area contributed by atoms with Crippen LogP contribution in [0.4, 0.5) is 5.82 Å². The zero-order chi connectivity index (χ0) is 14.4. The highest BCUT2D eigenvalue weighted by Gasteiger charge is 2.24. The zero-order valence-corrected chi connectivity index (χ0v) is 10.6. The first-order valence-electron chi connectivity index (χ1n) is 5.57. The Morgan fingerprint density at radius 2 is 2.10 bits per heavy atom. The average Bonchev–Trinajstić information content (AvgIpc) is 2.92. The Balaban J connectivity index is 2.36. The van der Waals surface area contributed by atoms with Crippen molar-refractivity contribution in [2.45, 2.75) is 0 Å². The zero-order valence-electron chi connectivity index (χ0n) is 10.6. The molecule has 3 aromatic rings. The van der Waals surface area contributed by atoms with Crippen molar-refractivity contribution in [1.82, 2.24) is 29.3 Å². The van der Waals surface area contributed by atoms with Gasteiger partial charge in [-0.3, -0.25) is 4.79 Å². The summed E-state index contributed by atoms with van der Waals surface area (Å²) < 4.78 is 2.70. The van der Waals surface area contributed by atoms with Gasteiger partial charge in [0, 0.05) is 7.05 Å². The SMILES string of the molecule is Cn1c([N+](=O)[O-])cnc1-c1nn(C)c2nc[nH]c(=O)c12. The maximum absolute atomic E-state index is 11.9. The fourth-order valence-corrected chi connectivity index (χ4v) is 2.04. The molecule has 0 aliphatic rings. The molecule has 0 radical (unpaired) electrons. The molecular weight excluding hydrogens is 266 g/mol. The number of nitro groups is 1. The molecule has 0 saturated heterocycles. The van der Waals surface area contributed by atoms with Crippen molar-refractivity contribution in [2.24, 2.45) is 14.1 Å². The van der Waals surface area contributed by atoms with Crippen molar-refractivity contribution in [3.63, 3.8) is 0 Å². The van der Waals surface area contributed by atoms with Gasteiger partial charge in [-0.15, -0.1) is 0 Å². The van der Waals surface area contributed by atoms with E-state index in [2.05, 4.69) is 20.1 Å². The number of H-pyrrole nitrogens is 1. The molecule has 0 amide bonds. The highest BCUT2D eigenvalue weighted by atomic mass is 16.6. The van der Waals surface area contributed by atoms with Crippen molar-refractivity contribution in [3.8, 4) is 11.5 Å². The maximum Gasteiger partial charge on any atom is 0.342 e. The predicted octanol–water partition coefficient (Wildman–Crippen LogP) is -0.0347. The molecule has 0 atom stereocenters. The molecular formula is C10H9N7O3. The first-order chi connectivity index (χ1) is 9.50. The van der Waals surface area contributed by atoms with Gasteiger partial charge in [0.25, 0.3) is 5.56 Å². The van der Waals surface area contributed by atoms with Crippen LogP contribution in [0.15, 0.2) is 17.3 Å². The number of aryl methyl sites for hydroxylation is 1. The van der Waals surface area contributed by atoms with Gasteiger partial charge in [0.2, 0.25) is 5.82 Å². The van der Waals surface area contributed by atoms with Gasteiger partial charge in [0.1, 0.15) is 11.6 Å². The van der Waals surface area contributed by atoms with Gasteiger partial charge in [-0.05, 0) is 4.92 Å². The van der Waals surface area contributed by atoms with Crippen LogP contribution in [-0.2, 0) is 14.1 Å². The molecule has 102 valence electrons. The van der Waals surface area contributed by atoms with E-state index in [1.54, 1.807) is 7.05 Å². The van der Waals surface area contributed by atoms with Crippen LogP contribution in [0, 0.1) is 10.1 Å². The Morgan fingerprint density at radius 3 is 2.75 bits per heavy atom. The summed E-state index contributed by atoms with van der Waals surface area (Å²) in [5, 5.41) is 15.3. The van der Waals surface area contributed by atoms with Crippen molar-refractivity contribution >= 4 is 16.9 Å². The number of nitrogens with zero attached hydrogens (tertiary/aromatic N) is 6. The summed E-state index contributed by atoms with van der Waals surface area (Å²) in [4.78, 5) is 32.7. The first-order valence-corrected chi connectivity index (χ1v) is 5.57. The average molecular weight is 275 g/mol. The minimum Gasteiger partial charge on any atom is -0.358 e. The highest BCUT2D eigenvalue weighted by molar-refractivity contribution is 5.88. The summed E-state index contributed by atoms with van der Waals surface area (Å²) >= 11 is 0. The number of hydrogen-bond donors (Lipinski definition) is 1. The normalized spacial score (nSPS) is 11.1. The summed E-state index contributed by atoms with van der Waals surface area (Å²) in [6, 6.07) is 0. The van der Waals surface area contributed by atoms with Gasteiger partial charge in [-0.25, -0.2) is 19.2 Å². The Bertz CT molecular complexity index is 888. The molecule has 0 saturated carbocycles. The predicted molar refractivity (Wildman–Crippen MR) is 68.0 cm³/mol. The number of hydrogen-bond acceptors (Lipinski definition) is 6. The van der Waals surface area contributed by atoms with E-state index >= 15 is 0 Å². The van der Waals surface area contributed by atoms with E-state index in [0.717, 1.165) is 6.20 Å². The van der Waals surface area contributed by atoms with E-state index in [4.69, 9.17) is 0 Å². The quantitative estimate of drug-likeness (QED) is 0.517. The molecule has 0 unspecified atom stereocenters. The van der Waals surface area contributed by atoms with E-state index in [9.17, 15) is 14.9 Å². The van der Waals surface area contributed by atoms with Crippen LogP contribution in [0.1, 0.15) is 0 Å². The second-order valence-electron chi connectivity index (χ2n) is 4.16. The van der Waals surface area contributed by atoms with Crippen LogP contribution in [0.25, 0.3) is 22.6 Å². The number of imidazole rings is 1. The molecule has 3 rings (SSSR count). The molecule has 0 aliphatic carbocycles. The molecule has 1 N–H and O–H groups in total. The minimum atomic E-state index is -0.551. The number of aromatic amines is 1. The monoisotopic (exact) mass is 275 g/mol. The Morgan fingerprint density at radius 1 is 1.35 bits per heavy atom. The van der Waals surface area contributed by atoms with Crippen LogP contribution in [0.3, 0.4) is 0 Å². The Kier molecular flexibility index (Phi) is 2.39. The maximum atomic E-state index is 11.9. The van der Waals surface area contributed by atoms with E-state index in [0.29, 0.717) is 5.65 Å². The third-order valence-corrected chi connectivity index (χ3v) is 2.99. The lowest BCUT2D eigenvalue weighted by molar-refractivity contribution is -0.391. The summed E-state index contributed by atoms with van der Waals surface area (Å²) in [5.41, 5.74) is 0.269. The molecule has 0 bridgehead atoms. The molecule has 0 aromatic carbocycles. The Labute approximate surface area is 110 Å². The van der Waals surface area contributed by atoms with Crippen molar-refractivity contribution < 1.29 is 4.92 Å². The van der Waals surface area contributed by atoms with Gasteiger partial charge in [-0.2, -0.15) is 5.10 Å². The smallest absolute Gasteiger partial charge is 0.342 e. The largest absolute Gasteiger partial charge is 0.358 e. The van der Waals surface area contributed by atoms with Gasteiger partial charge < -0.3 is 15.1 Å². The molecule has 10 nitrogen and oxygen atoms in total. The summed E-state index contributed by atoms with van der Waals surface area (Å²) in [5.74, 6) is 0.0555. The summed E-state index contributed by atoms with van der Waals surface area (Å²) in [7, 11) is 3.13. The van der Waals surface area contributed by atoms with Crippen LogP contribution in [-0.4, -0.2) is 34.2 Å². The number of fused-ring (bicyclic) bond motifs is 1. The van der Waals surface area contributed by atoms with Crippen LogP contribution >= 0.6 is 0 Å². The molecule has 0 aliphatic heterocycles.